The molecule has 0 rings (SSSR count). The van der Waals surface area contributed by atoms with Crippen molar-refractivity contribution in [1.82, 2.24) is 0 Å². The van der Waals surface area contributed by atoms with Crippen LogP contribution in [0.3, 0.4) is 0 Å². The third kappa shape index (κ3) is 5.47. The van der Waals surface area contributed by atoms with E-state index in [-0.39, 0.29) is 0 Å². The van der Waals surface area contributed by atoms with Crippen molar-refractivity contribution in [2.75, 3.05) is 0 Å². The molecule has 0 aromatic carbocycles. The molecule has 0 amide bonds. The minimum Gasteiger partial charge on any atom is -0.460 e. The first-order valence-electron chi connectivity index (χ1n) is 3.86. The predicted molar refractivity (Wildman–Crippen MR) is 31.5 cm³/mol. The quantitative estimate of drug-likeness (QED) is 0.450. The highest BCUT2D eigenvalue weighted by Crippen LogP contribution is 2.05. The Hall–Kier alpha value is -0.530. The monoisotopic (exact) mass is 119 g/mol. The van der Waals surface area contributed by atoms with Gasteiger partial charge in [0.25, 0.3) is 0 Å². The zero-order chi connectivity index (χ0) is 9.28. The van der Waals surface area contributed by atoms with Crippen LogP contribution < -0.4 is 0 Å². The molecule has 0 aromatic heterocycles. The summed E-state index contributed by atoms with van der Waals surface area (Å²) in [5, 5.41) is 0. The molecule has 8 heavy (non-hydrogen) atoms. The van der Waals surface area contributed by atoms with Crippen molar-refractivity contribution in [2.45, 2.75) is 33.2 Å². The van der Waals surface area contributed by atoms with Gasteiger partial charge in [0.15, 0.2) is 0 Å². The molecule has 0 heterocycles. The van der Waals surface area contributed by atoms with Crippen LogP contribution in [0.15, 0.2) is 0 Å². The summed E-state index contributed by atoms with van der Waals surface area (Å²) in [4.78, 5) is 10.7. The summed E-state index contributed by atoms with van der Waals surface area (Å²) in [6.07, 6.45) is 0. The van der Waals surface area contributed by atoms with Gasteiger partial charge in [-0.25, -0.2) is 0 Å². The van der Waals surface area contributed by atoms with Gasteiger partial charge < -0.3 is 4.74 Å². The van der Waals surface area contributed by atoms with Crippen molar-refractivity contribution in [3.05, 3.63) is 0 Å². The molecule has 0 N–H and O–H groups in total. The van der Waals surface area contributed by atoms with Gasteiger partial charge in [-0.2, -0.15) is 0 Å². The molecule has 0 spiro atoms. The molecular formula is C6H12O2. The summed E-state index contributed by atoms with van der Waals surface area (Å²) >= 11 is 0. The fourth-order valence-electron chi connectivity index (χ4n) is 0.278. The molecule has 0 aliphatic carbocycles. The fourth-order valence-corrected chi connectivity index (χ4v) is 0.278. The van der Waals surface area contributed by atoms with Crippen molar-refractivity contribution in [2.24, 2.45) is 0 Å². The molecule has 0 atom stereocenters. The molecular weight excluding hydrogens is 104 g/mol. The molecule has 2 heteroatoms. The van der Waals surface area contributed by atoms with Gasteiger partial charge in [-0.1, -0.05) is 0 Å². The van der Waals surface area contributed by atoms with E-state index in [1.165, 1.54) is 0 Å². The van der Waals surface area contributed by atoms with Crippen LogP contribution in [0, 0.1) is 0 Å². The van der Waals surface area contributed by atoms with Crippen LogP contribution in [0.4, 0.5) is 0 Å². The van der Waals surface area contributed by atoms with Crippen molar-refractivity contribution in [1.29, 1.82) is 0 Å². The van der Waals surface area contributed by atoms with Crippen LogP contribution >= 0.6 is 0 Å². The molecule has 0 radical (unpaired) electrons. The molecule has 0 aliphatic heterocycles. The molecule has 0 bridgehead atoms. The highest BCUT2D eigenvalue weighted by molar-refractivity contribution is 5.66. The van der Waals surface area contributed by atoms with Gasteiger partial charge in [0, 0.05) is 11.0 Å². The largest absolute Gasteiger partial charge is 0.460 e. The lowest BCUT2D eigenvalue weighted by molar-refractivity contribution is -0.151. The third-order valence-electron chi connectivity index (χ3n) is 0.399. The molecule has 0 saturated heterocycles. The van der Waals surface area contributed by atoms with Crippen LogP contribution in [0.1, 0.15) is 31.7 Å². The second kappa shape index (κ2) is 2.16. The highest BCUT2D eigenvalue weighted by atomic mass is 16.6. The molecule has 0 saturated carbocycles. The van der Waals surface area contributed by atoms with Gasteiger partial charge in [0.2, 0.25) is 0 Å². The van der Waals surface area contributed by atoms with Crippen molar-refractivity contribution in [3.8, 4) is 0 Å². The van der Waals surface area contributed by atoms with E-state index in [0.717, 1.165) is 0 Å². The van der Waals surface area contributed by atoms with Crippen LogP contribution in [-0.4, -0.2) is 11.6 Å². The van der Waals surface area contributed by atoms with Gasteiger partial charge in [0.1, 0.15) is 5.60 Å². The summed E-state index contributed by atoms with van der Waals surface area (Å²) in [6, 6.07) is 0. The molecule has 0 fully saturated rings. The summed E-state index contributed by atoms with van der Waals surface area (Å²) < 4.78 is 24.6. The highest BCUT2D eigenvalue weighted by Gasteiger charge is 2.11. The lowest BCUT2D eigenvalue weighted by Gasteiger charge is -2.17. The summed E-state index contributed by atoms with van der Waals surface area (Å²) in [5.41, 5.74) is -0.731. The Morgan fingerprint density at radius 3 is 2.25 bits per heavy atom. The number of esters is 1. The number of carbonyl (C=O) groups excluding carboxylic acids is 1. The summed E-state index contributed by atoms with van der Waals surface area (Å²) in [6.45, 7) is 2.22. The van der Waals surface area contributed by atoms with Gasteiger partial charge in [0.05, 0.1) is 0 Å². The van der Waals surface area contributed by atoms with Crippen LogP contribution in [0.25, 0.3) is 0 Å². The normalized spacial score (nSPS) is 18.1. The van der Waals surface area contributed by atoms with Crippen molar-refractivity contribution < 1.29 is 13.6 Å². The Balaban J connectivity index is 4.11. The van der Waals surface area contributed by atoms with E-state index in [2.05, 4.69) is 4.74 Å². The molecule has 2 nitrogen and oxygen atoms in total. The van der Waals surface area contributed by atoms with Crippen LogP contribution in [0.2, 0.25) is 0 Å². The SMILES string of the molecule is [2H]C([2H])([2H])C(=O)OC(C)(C)C. The molecule has 0 aliphatic rings. The Morgan fingerprint density at radius 2 is 2.12 bits per heavy atom. The average Bonchev–Trinajstić information content (AvgIpc) is 1.56. The van der Waals surface area contributed by atoms with Crippen LogP contribution in [-0.2, 0) is 9.53 Å². The fraction of sp³-hybridized carbons (Fsp3) is 0.833. The van der Waals surface area contributed by atoms with E-state index in [1.54, 1.807) is 20.8 Å². The van der Waals surface area contributed by atoms with E-state index in [9.17, 15) is 4.79 Å². The Labute approximate surface area is 54.1 Å². The minimum absolute atomic E-state index is 0.731. The number of ether oxygens (including phenoxy) is 1. The maximum Gasteiger partial charge on any atom is 0.303 e. The Morgan fingerprint density at radius 1 is 1.62 bits per heavy atom. The lowest BCUT2D eigenvalue weighted by atomic mass is 10.2. The van der Waals surface area contributed by atoms with Gasteiger partial charge in [-0.05, 0) is 20.8 Å². The number of hydrogen-bond donors (Lipinski definition) is 0. The molecule has 48 valence electrons. The summed E-state index contributed by atoms with van der Waals surface area (Å²) in [5.74, 6) is -1.15. The second-order valence-corrected chi connectivity index (χ2v) is 2.50. The van der Waals surface area contributed by atoms with Gasteiger partial charge in [-0.3, -0.25) is 4.79 Å². The van der Waals surface area contributed by atoms with Crippen molar-refractivity contribution >= 4 is 5.97 Å². The van der Waals surface area contributed by atoms with E-state index >= 15 is 0 Å². The zero-order valence-corrected chi connectivity index (χ0v) is 5.32. The predicted octanol–water partition coefficient (Wildman–Crippen LogP) is 1.35. The third-order valence-corrected chi connectivity index (χ3v) is 0.399. The number of carbonyl (C=O) groups is 1. The molecule has 0 aromatic rings. The van der Waals surface area contributed by atoms with E-state index in [0.29, 0.717) is 0 Å². The van der Waals surface area contributed by atoms with E-state index < -0.39 is 18.4 Å². The van der Waals surface area contributed by atoms with Crippen molar-refractivity contribution in [3.63, 3.8) is 0 Å². The first-order chi connectivity index (χ1) is 4.63. The number of hydrogen-bond acceptors (Lipinski definition) is 2. The Bertz CT molecular complexity index is 154. The van der Waals surface area contributed by atoms with Gasteiger partial charge in [-0.15, -0.1) is 0 Å². The van der Waals surface area contributed by atoms with E-state index in [1.807, 2.05) is 0 Å². The second-order valence-electron chi connectivity index (χ2n) is 2.50. The minimum atomic E-state index is -2.65. The maximum absolute atomic E-state index is 10.7. The first-order valence-corrected chi connectivity index (χ1v) is 2.36. The van der Waals surface area contributed by atoms with E-state index in [4.69, 9.17) is 4.11 Å². The lowest BCUT2D eigenvalue weighted by Crippen LogP contribution is -2.21. The van der Waals surface area contributed by atoms with Gasteiger partial charge >= 0.3 is 5.97 Å². The standard InChI is InChI=1S/C6H12O2/c1-5(7)8-6(2,3)4/h1-4H3/i1D3. The zero-order valence-electron chi connectivity index (χ0n) is 8.32. The van der Waals surface area contributed by atoms with Crippen LogP contribution in [0.5, 0.6) is 0 Å². The average molecular weight is 119 g/mol. The first kappa shape index (κ1) is 3.49. The summed E-state index contributed by atoms with van der Waals surface area (Å²) in [7, 11) is 0. The Kier molecular flexibility index (Phi) is 0.941. The molecule has 0 unspecified atom stereocenters. The maximum atomic E-state index is 10.7. The smallest absolute Gasteiger partial charge is 0.303 e. The topological polar surface area (TPSA) is 26.3 Å². The number of rotatable bonds is 0.